The minimum Gasteiger partial charge on any atom is -0.340 e. The van der Waals surface area contributed by atoms with E-state index in [1.54, 1.807) is 36.4 Å². The van der Waals surface area contributed by atoms with Gasteiger partial charge in [-0.25, -0.2) is 4.98 Å². The first kappa shape index (κ1) is 19.4. The first-order valence-corrected chi connectivity index (χ1v) is 8.97. The average molecular weight is 395 g/mol. The van der Waals surface area contributed by atoms with Gasteiger partial charge in [0.05, 0.1) is 5.56 Å². The number of carbonyl (C=O) groups excluding carboxylic acids is 2. The Morgan fingerprint density at radius 3 is 2.29 bits per heavy atom. The first-order valence-electron chi connectivity index (χ1n) is 8.59. The molecular weight excluding hydrogens is 376 g/mol. The number of carbonyl (C=O) groups is 2. The molecule has 0 atom stereocenters. The lowest BCUT2D eigenvalue weighted by Gasteiger charge is -2.10. The number of benzene rings is 2. The van der Waals surface area contributed by atoms with Gasteiger partial charge < -0.3 is 16.0 Å². The van der Waals surface area contributed by atoms with Crippen LogP contribution in [0.1, 0.15) is 22.8 Å². The molecule has 2 aromatic carbocycles. The number of nitrogens with one attached hydrogen (secondary N) is 3. The SMILES string of the molecule is CC(=O)Nc1ccc(Nc2ccc(C(=O)Nc3cc(Cl)ccc3C)cn2)cc1. The molecule has 2 amide bonds. The monoisotopic (exact) mass is 394 g/mol. The molecule has 0 saturated carbocycles. The number of halogens is 1. The maximum absolute atomic E-state index is 12.4. The Morgan fingerprint density at radius 2 is 1.64 bits per heavy atom. The van der Waals surface area contributed by atoms with Crippen LogP contribution in [-0.2, 0) is 4.79 Å². The molecule has 3 aromatic rings. The topological polar surface area (TPSA) is 83.1 Å². The standard InChI is InChI=1S/C21H19ClN4O2/c1-13-3-5-16(22)11-19(13)26-21(28)15-4-10-20(23-12-15)25-18-8-6-17(7-9-18)24-14(2)27/h3-12H,1-2H3,(H,23,25)(H,24,27)(H,26,28). The van der Waals surface area contributed by atoms with Crippen molar-refractivity contribution in [2.45, 2.75) is 13.8 Å². The Bertz CT molecular complexity index is 1000. The molecule has 142 valence electrons. The second-order valence-electron chi connectivity index (χ2n) is 6.23. The zero-order chi connectivity index (χ0) is 20.1. The fourth-order valence-corrected chi connectivity index (χ4v) is 2.69. The van der Waals surface area contributed by atoms with Crippen LogP contribution in [0.2, 0.25) is 5.02 Å². The maximum atomic E-state index is 12.4. The van der Waals surface area contributed by atoms with Gasteiger partial charge >= 0.3 is 0 Å². The molecule has 0 radical (unpaired) electrons. The molecule has 0 aliphatic carbocycles. The van der Waals surface area contributed by atoms with Gasteiger partial charge in [-0.2, -0.15) is 0 Å². The van der Waals surface area contributed by atoms with E-state index in [0.29, 0.717) is 27.8 Å². The lowest BCUT2D eigenvalue weighted by atomic mass is 10.2. The Labute approximate surface area is 168 Å². The molecular formula is C21H19ClN4O2. The fourth-order valence-electron chi connectivity index (χ4n) is 2.51. The van der Waals surface area contributed by atoms with Crippen molar-refractivity contribution in [2.75, 3.05) is 16.0 Å². The molecule has 6 nitrogen and oxygen atoms in total. The second-order valence-corrected chi connectivity index (χ2v) is 6.67. The number of anilines is 4. The summed E-state index contributed by atoms with van der Waals surface area (Å²) in [5, 5.41) is 9.25. The summed E-state index contributed by atoms with van der Waals surface area (Å²) in [4.78, 5) is 27.8. The Balaban J connectivity index is 1.65. The summed E-state index contributed by atoms with van der Waals surface area (Å²) in [6.07, 6.45) is 1.50. The zero-order valence-corrected chi connectivity index (χ0v) is 16.2. The van der Waals surface area contributed by atoms with E-state index in [0.717, 1.165) is 11.3 Å². The van der Waals surface area contributed by atoms with Crippen LogP contribution >= 0.6 is 11.6 Å². The second kappa shape index (κ2) is 8.54. The predicted octanol–water partition coefficient (Wildman–Crippen LogP) is 5.00. The molecule has 0 aliphatic heterocycles. The molecule has 1 aromatic heterocycles. The van der Waals surface area contributed by atoms with E-state index in [9.17, 15) is 9.59 Å². The summed E-state index contributed by atoms with van der Waals surface area (Å²) in [5.74, 6) is 0.219. The van der Waals surface area contributed by atoms with E-state index in [-0.39, 0.29) is 11.8 Å². The normalized spacial score (nSPS) is 10.2. The molecule has 3 N–H and O–H groups in total. The van der Waals surface area contributed by atoms with Gasteiger partial charge in [-0.15, -0.1) is 0 Å². The molecule has 0 aliphatic rings. The number of pyridine rings is 1. The van der Waals surface area contributed by atoms with Gasteiger partial charge in [-0.1, -0.05) is 17.7 Å². The lowest BCUT2D eigenvalue weighted by Crippen LogP contribution is -2.13. The van der Waals surface area contributed by atoms with E-state index in [1.165, 1.54) is 13.1 Å². The van der Waals surface area contributed by atoms with E-state index < -0.39 is 0 Å². The van der Waals surface area contributed by atoms with E-state index in [4.69, 9.17) is 11.6 Å². The number of nitrogens with zero attached hydrogens (tertiary/aromatic N) is 1. The first-order chi connectivity index (χ1) is 13.4. The van der Waals surface area contributed by atoms with Gasteiger partial charge in [0.25, 0.3) is 5.91 Å². The minimum atomic E-state index is -0.260. The fraction of sp³-hybridized carbons (Fsp3) is 0.0952. The number of hydrogen-bond acceptors (Lipinski definition) is 4. The van der Waals surface area contributed by atoms with Crippen molar-refractivity contribution >= 4 is 46.3 Å². The molecule has 0 unspecified atom stereocenters. The van der Waals surface area contributed by atoms with Crippen LogP contribution in [0.4, 0.5) is 22.9 Å². The quantitative estimate of drug-likeness (QED) is 0.568. The molecule has 0 bridgehead atoms. The van der Waals surface area contributed by atoms with Crippen LogP contribution in [0.3, 0.4) is 0 Å². The third-order valence-corrected chi connectivity index (χ3v) is 4.19. The molecule has 28 heavy (non-hydrogen) atoms. The van der Waals surface area contributed by atoms with Crippen molar-refractivity contribution in [1.82, 2.24) is 4.98 Å². The van der Waals surface area contributed by atoms with E-state index >= 15 is 0 Å². The Morgan fingerprint density at radius 1 is 0.929 bits per heavy atom. The van der Waals surface area contributed by atoms with Crippen molar-refractivity contribution < 1.29 is 9.59 Å². The summed E-state index contributed by atoms with van der Waals surface area (Å²) < 4.78 is 0. The molecule has 3 rings (SSSR count). The highest BCUT2D eigenvalue weighted by molar-refractivity contribution is 6.31. The summed E-state index contributed by atoms with van der Waals surface area (Å²) in [5.41, 5.74) is 3.55. The van der Waals surface area contributed by atoms with Gasteiger partial charge in [0.15, 0.2) is 0 Å². The Kier molecular flexibility index (Phi) is 5.91. The van der Waals surface area contributed by atoms with Crippen LogP contribution < -0.4 is 16.0 Å². The van der Waals surface area contributed by atoms with Crippen LogP contribution in [0.5, 0.6) is 0 Å². The number of amides is 2. The Hall–Kier alpha value is -3.38. The van der Waals surface area contributed by atoms with Crippen molar-refractivity contribution in [3.63, 3.8) is 0 Å². The lowest BCUT2D eigenvalue weighted by molar-refractivity contribution is -0.114. The molecule has 0 fully saturated rings. The highest BCUT2D eigenvalue weighted by atomic mass is 35.5. The van der Waals surface area contributed by atoms with Gasteiger partial charge in [-0.05, 0) is 61.0 Å². The van der Waals surface area contributed by atoms with Gasteiger partial charge in [0, 0.05) is 35.2 Å². The molecule has 0 saturated heterocycles. The summed E-state index contributed by atoms with van der Waals surface area (Å²) in [7, 11) is 0. The minimum absolute atomic E-state index is 0.121. The van der Waals surface area contributed by atoms with Crippen molar-refractivity contribution in [1.29, 1.82) is 0 Å². The van der Waals surface area contributed by atoms with E-state index in [1.807, 2.05) is 25.1 Å². The van der Waals surface area contributed by atoms with Crippen molar-refractivity contribution in [3.8, 4) is 0 Å². The third kappa shape index (κ3) is 5.08. The highest BCUT2D eigenvalue weighted by Crippen LogP contribution is 2.21. The predicted molar refractivity (Wildman–Crippen MR) is 112 cm³/mol. The maximum Gasteiger partial charge on any atom is 0.257 e. The van der Waals surface area contributed by atoms with Gasteiger partial charge in [0.1, 0.15) is 5.82 Å². The summed E-state index contributed by atoms with van der Waals surface area (Å²) >= 11 is 5.99. The highest BCUT2D eigenvalue weighted by Gasteiger charge is 2.09. The van der Waals surface area contributed by atoms with Gasteiger partial charge in [-0.3, -0.25) is 9.59 Å². The van der Waals surface area contributed by atoms with Crippen LogP contribution in [0, 0.1) is 6.92 Å². The van der Waals surface area contributed by atoms with Crippen molar-refractivity contribution in [2.24, 2.45) is 0 Å². The zero-order valence-electron chi connectivity index (χ0n) is 15.4. The summed E-state index contributed by atoms with van der Waals surface area (Å²) in [6.45, 7) is 3.36. The smallest absolute Gasteiger partial charge is 0.257 e. The summed E-state index contributed by atoms with van der Waals surface area (Å²) in [6, 6.07) is 16.0. The van der Waals surface area contributed by atoms with Crippen LogP contribution in [0.15, 0.2) is 60.8 Å². The van der Waals surface area contributed by atoms with Crippen LogP contribution in [0.25, 0.3) is 0 Å². The van der Waals surface area contributed by atoms with Gasteiger partial charge in [0.2, 0.25) is 5.91 Å². The molecule has 7 heteroatoms. The number of hydrogen-bond donors (Lipinski definition) is 3. The average Bonchev–Trinajstić information content (AvgIpc) is 2.66. The molecule has 1 heterocycles. The van der Waals surface area contributed by atoms with E-state index in [2.05, 4.69) is 20.9 Å². The van der Waals surface area contributed by atoms with Crippen molar-refractivity contribution in [3.05, 3.63) is 76.9 Å². The molecule has 0 spiro atoms. The number of aromatic nitrogens is 1. The number of aryl methyl sites for hydroxylation is 1. The number of rotatable bonds is 5. The largest absolute Gasteiger partial charge is 0.340 e. The van der Waals surface area contributed by atoms with Crippen LogP contribution in [-0.4, -0.2) is 16.8 Å². The third-order valence-electron chi connectivity index (χ3n) is 3.95.